The predicted octanol–water partition coefficient (Wildman–Crippen LogP) is 4.28. The zero-order valence-electron chi connectivity index (χ0n) is 21.4. The fourth-order valence-corrected chi connectivity index (χ4v) is 5.02. The number of rotatable bonds is 8. The number of oxime groups is 1. The van der Waals surface area contributed by atoms with Gasteiger partial charge in [0.15, 0.2) is 6.33 Å². The van der Waals surface area contributed by atoms with Gasteiger partial charge in [-0.1, -0.05) is 50.2 Å². The SMILES string of the molecule is CC(C)(C)c1cccc(C2(NCC(O)C(Cc3cc(F)cc(F)c3)n3ncnn3)CCC(=NO)CC2)c1. The van der Waals surface area contributed by atoms with Crippen LogP contribution >= 0.6 is 0 Å². The summed E-state index contributed by atoms with van der Waals surface area (Å²) in [4.78, 5) is 1.28. The Bertz CT molecular complexity index is 1200. The van der Waals surface area contributed by atoms with Gasteiger partial charge in [0.25, 0.3) is 0 Å². The van der Waals surface area contributed by atoms with Crippen molar-refractivity contribution in [3.63, 3.8) is 0 Å². The Hall–Kier alpha value is -3.24. The fraction of sp³-hybridized carbons (Fsp3) is 0.481. The summed E-state index contributed by atoms with van der Waals surface area (Å²) in [5.74, 6) is -1.37. The second-order valence-electron chi connectivity index (χ2n) is 10.8. The highest BCUT2D eigenvalue weighted by molar-refractivity contribution is 5.85. The Kier molecular flexibility index (Phi) is 7.99. The molecule has 0 aliphatic heterocycles. The number of hydrogen-bond acceptors (Lipinski definition) is 7. The molecule has 0 spiro atoms. The predicted molar refractivity (Wildman–Crippen MR) is 135 cm³/mol. The average molecular weight is 513 g/mol. The number of aliphatic hydroxyl groups is 1. The molecule has 0 bridgehead atoms. The van der Waals surface area contributed by atoms with Gasteiger partial charge in [0.05, 0.1) is 11.8 Å². The molecule has 198 valence electrons. The Morgan fingerprint density at radius 2 is 1.81 bits per heavy atom. The Morgan fingerprint density at radius 1 is 1.11 bits per heavy atom. The minimum Gasteiger partial charge on any atom is -0.411 e. The van der Waals surface area contributed by atoms with Crippen LogP contribution in [0.25, 0.3) is 0 Å². The topological polar surface area (TPSA) is 108 Å². The molecule has 1 aliphatic carbocycles. The molecule has 4 rings (SSSR count). The number of nitrogens with one attached hydrogen (secondary N) is 1. The highest BCUT2D eigenvalue weighted by Gasteiger charge is 2.37. The molecule has 0 amide bonds. The maximum absolute atomic E-state index is 13.8. The lowest BCUT2D eigenvalue weighted by molar-refractivity contribution is 0.0818. The molecule has 8 nitrogen and oxygen atoms in total. The minimum absolute atomic E-state index is 0.0345. The number of aromatic nitrogens is 4. The first-order valence-electron chi connectivity index (χ1n) is 12.5. The van der Waals surface area contributed by atoms with E-state index in [9.17, 15) is 19.1 Å². The lowest BCUT2D eigenvalue weighted by atomic mass is 9.74. The van der Waals surface area contributed by atoms with Gasteiger partial charge in [-0.3, -0.25) is 0 Å². The first-order chi connectivity index (χ1) is 17.6. The van der Waals surface area contributed by atoms with Gasteiger partial charge in [-0.2, -0.15) is 4.80 Å². The monoisotopic (exact) mass is 512 g/mol. The number of tetrazole rings is 1. The van der Waals surface area contributed by atoms with Crippen LogP contribution in [0.5, 0.6) is 0 Å². The maximum atomic E-state index is 13.8. The molecule has 3 aromatic rings. The normalized spacial score (nSPS) is 20.0. The van der Waals surface area contributed by atoms with Crippen LogP contribution in [0.1, 0.15) is 69.2 Å². The van der Waals surface area contributed by atoms with Crippen LogP contribution in [0.15, 0.2) is 53.9 Å². The van der Waals surface area contributed by atoms with Crippen molar-refractivity contribution in [2.24, 2.45) is 5.16 Å². The molecule has 10 heteroatoms. The van der Waals surface area contributed by atoms with Crippen molar-refractivity contribution in [1.82, 2.24) is 25.5 Å². The molecular formula is C27H34F2N6O2. The summed E-state index contributed by atoms with van der Waals surface area (Å²) in [6.07, 6.45) is 3.00. The third-order valence-corrected chi connectivity index (χ3v) is 7.23. The number of benzene rings is 2. The van der Waals surface area contributed by atoms with Crippen molar-refractivity contribution in [2.75, 3.05) is 6.54 Å². The number of hydrogen-bond donors (Lipinski definition) is 3. The van der Waals surface area contributed by atoms with Crippen LogP contribution in [0.4, 0.5) is 8.78 Å². The van der Waals surface area contributed by atoms with Gasteiger partial charge >= 0.3 is 0 Å². The molecular weight excluding hydrogens is 478 g/mol. The van der Waals surface area contributed by atoms with E-state index in [1.165, 1.54) is 28.8 Å². The summed E-state index contributed by atoms with van der Waals surface area (Å²) >= 11 is 0. The molecule has 1 fully saturated rings. The molecule has 1 heterocycles. The Labute approximate surface area is 215 Å². The summed E-state index contributed by atoms with van der Waals surface area (Å²) in [5.41, 5.74) is 2.95. The minimum atomic E-state index is -0.990. The van der Waals surface area contributed by atoms with E-state index < -0.39 is 29.3 Å². The summed E-state index contributed by atoms with van der Waals surface area (Å²) in [6.45, 7) is 6.67. The fourth-order valence-electron chi connectivity index (χ4n) is 5.02. The van der Waals surface area contributed by atoms with E-state index in [-0.39, 0.29) is 18.4 Å². The van der Waals surface area contributed by atoms with Crippen molar-refractivity contribution in [1.29, 1.82) is 0 Å². The van der Waals surface area contributed by atoms with Crippen LogP contribution in [-0.4, -0.2) is 48.9 Å². The van der Waals surface area contributed by atoms with Crippen LogP contribution in [0.2, 0.25) is 0 Å². The van der Waals surface area contributed by atoms with Gasteiger partial charge in [0.1, 0.15) is 17.7 Å². The van der Waals surface area contributed by atoms with Crippen LogP contribution in [0.3, 0.4) is 0 Å². The number of nitrogens with zero attached hydrogens (tertiary/aromatic N) is 5. The van der Waals surface area contributed by atoms with Crippen molar-refractivity contribution in [2.45, 2.75) is 76.0 Å². The molecule has 2 unspecified atom stereocenters. The first kappa shape index (κ1) is 26.8. The van der Waals surface area contributed by atoms with Crippen molar-refractivity contribution in [3.05, 3.63) is 77.1 Å². The lowest BCUT2D eigenvalue weighted by Gasteiger charge is -2.41. The lowest BCUT2D eigenvalue weighted by Crippen LogP contribution is -2.50. The second-order valence-corrected chi connectivity index (χ2v) is 10.8. The molecule has 2 atom stereocenters. The Morgan fingerprint density at radius 3 is 2.41 bits per heavy atom. The maximum Gasteiger partial charge on any atom is 0.162 e. The smallest absolute Gasteiger partial charge is 0.162 e. The van der Waals surface area contributed by atoms with Gasteiger partial charge in [0, 0.05) is 18.2 Å². The van der Waals surface area contributed by atoms with Gasteiger partial charge in [0.2, 0.25) is 0 Å². The van der Waals surface area contributed by atoms with E-state index in [4.69, 9.17) is 0 Å². The van der Waals surface area contributed by atoms with Crippen LogP contribution < -0.4 is 5.32 Å². The van der Waals surface area contributed by atoms with Crippen LogP contribution in [-0.2, 0) is 17.4 Å². The Balaban J connectivity index is 1.60. The molecule has 3 N–H and O–H groups in total. The molecule has 1 aromatic heterocycles. The van der Waals surface area contributed by atoms with E-state index >= 15 is 0 Å². The van der Waals surface area contributed by atoms with Gasteiger partial charge in [-0.15, -0.1) is 10.2 Å². The molecule has 37 heavy (non-hydrogen) atoms. The first-order valence-corrected chi connectivity index (χ1v) is 12.5. The average Bonchev–Trinajstić information content (AvgIpc) is 3.40. The molecule has 2 aromatic carbocycles. The largest absolute Gasteiger partial charge is 0.411 e. The molecule has 0 saturated heterocycles. The van der Waals surface area contributed by atoms with E-state index in [1.807, 2.05) is 6.07 Å². The zero-order chi connectivity index (χ0) is 26.6. The standard InChI is InChI=1S/C27H34F2N6O2/c1-26(2,3)19-5-4-6-20(14-19)27(9-7-23(33-37)8-10-27)30-16-25(36)24(35-32-17-31-34-35)13-18-11-21(28)15-22(29)12-18/h4-6,11-12,14-15,17,24-25,30,36-37H,7-10,13,16H2,1-3H3. The summed E-state index contributed by atoms with van der Waals surface area (Å²) in [6, 6.07) is 11.0. The van der Waals surface area contributed by atoms with E-state index in [0.29, 0.717) is 31.2 Å². The second kappa shape index (κ2) is 11.0. The number of halogens is 2. The van der Waals surface area contributed by atoms with Gasteiger partial charge in [-0.25, -0.2) is 8.78 Å². The third-order valence-electron chi connectivity index (χ3n) is 7.23. The molecule has 1 aliphatic rings. The van der Waals surface area contributed by atoms with E-state index in [2.05, 4.69) is 64.9 Å². The molecule has 1 saturated carbocycles. The quantitative estimate of drug-likeness (QED) is 0.307. The van der Waals surface area contributed by atoms with Crippen molar-refractivity contribution >= 4 is 5.71 Å². The van der Waals surface area contributed by atoms with E-state index in [0.717, 1.165) is 17.3 Å². The highest BCUT2D eigenvalue weighted by Crippen LogP contribution is 2.38. The van der Waals surface area contributed by atoms with E-state index in [1.54, 1.807) is 0 Å². The summed E-state index contributed by atoms with van der Waals surface area (Å²) < 4.78 is 27.7. The summed E-state index contributed by atoms with van der Waals surface area (Å²) in [7, 11) is 0. The highest BCUT2D eigenvalue weighted by atomic mass is 19.1. The van der Waals surface area contributed by atoms with Crippen molar-refractivity contribution < 1.29 is 19.1 Å². The summed E-state index contributed by atoms with van der Waals surface area (Å²) in [5, 5.41) is 39.4. The van der Waals surface area contributed by atoms with Gasteiger partial charge in [-0.05, 0) is 71.6 Å². The van der Waals surface area contributed by atoms with Crippen molar-refractivity contribution in [3.8, 4) is 0 Å². The van der Waals surface area contributed by atoms with Gasteiger partial charge < -0.3 is 15.6 Å². The zero-order valence-corrected chi connectivity index (χ0v) is 21.4. The third kappa shape index (κ3) is 6.37. The molecule has 0 radical (unpaired) electrons. The van der Waals surface area contributed by atoms with Crippen LogP contribution in [0, 0.1) is 11.6 Å². The number of aliphatic hydroxyl groups excluding tert-OH is 1.